The van der Waals surface area contributed by atoms with Crippen molar-refractivity contribution in [2.75, 3.05) is 58.1 Å². The number of carboxylic acids is 1. The van der Waals surface area contributed by atoms with Crippen molar-refractivity contribution in [3.63, 3.8) is 0 Å². The number of ether oxygens (including phenoxy) is 1. The number of nitrogens with zero attached hydrogens (tertiary/aromatic N) is 5. The summed E-state index contributed by atoms with van der Waals surface area (Å²) in [5.74, 6) is 3.04. The Bertz CT molecular complexity index is 5130. The van der Waals surface area contributed by atoms with Gasteiger partial charge in [0.1, 0.15) is 52.5 Å². The summed E-state index contributed by atoms with van der Waals surface area (Å²) in [6.07, 6.45) is 2.87. The Kier molecular flexibility index (Phi) is 24.0. The number of carbonyl (C=O) groups is 5. The van der Waals surface area contributed by atoms with Crippen LogP contribution in [0.4, 0.5) is 11.5 Å². The summed E-state index contributed by atoms with van der Waals surface area (Å²) < 4.78 is 88.4. The van der Waals surface area contributed by atoms with Crippen LogP contribution < -0.4 is 42.7 Å². The Morgan fingerprint density at radius 2 is 1.49 bits per heavy atom. The predicted octanol–water partition coefficient (Wildman–Crippen LogP) is 8.10. The molecule has 103 heavy (non-hydrogen) atoms. The van der Waals surface area contributed by atoms with Crippen molar-refractivity contribution >= 4 is 105 Å². The second kappa shape index (κ2) is 32.4. The number of rotatable bonds is 30. The lowest BCUT2D eigenvalue weighted by Gasteiger charge is -2.20. The highest BCUT2D eigenvalue weighted by molar-refractivity contribution is 7.69. The van der Waals surface area contributed by atoms with Crippen molar-refractivity contribution in [3.05, 3.63) is 141 Å². The number of nitrogen functional groups attached to an aromatic ring is 1. The molecule has 12 N–H and O–H groups in total. The number of hydrogen-bond donors (Lipinski definition) is 11. The first-order chi connectivity index (χ1) is 48.9. The summed E-state index contributed by atoms with van der Waals surface area (Å²) in [4.78, 5) is 132. The standard InChI is InChI=1S/C65H70N10O24P4/c1-5-67-41-15-19-45-52(30-41)95-53-31-42(74(2)3)16-20-46(53)59(45)44-18-12-39(29-47(44)65(82)83)64(81)71-33-49-51(77)22-14-38-28-37-13-21-50(76)48(60(37)96-61(38)49)32-70-56(80)24-23-55(79)68-26-8-6-7-11-54(78)69-27-9-10-40-34-75(63-58(40)62(66)72-36-73-63)57-25-17-43(94-57)35-93-101(86,87)98-103(90,91)99-102(88,89)97-100(84,85)92-4/h12-16,18-22,28-31,34,36,43,57,77H,5-8,11,17,23-27,32-33,35H2,1-4H3,(H,68,79)(H,69,78)(H,70,80)(H,71,81)(H,82,83)(H,84,85)(H,86,87)(H,88,89)(H,90,91)(H2,66,72,73)/b67-41+/t43-,57+/m0/s1. The minimum Gasteiger partial charge on any atom is -0.507 e. The fourth-order valence-corrected chi connectivity index (χ4v) is 16.0. The molecule has 0 saturated carbocycles. The van der Waals surface area contributed by atoms with E-state index in [0.29, 0.717) is 99.2 Å². The molecule has 4 unspecified atom stereocenters. The average molecular weight is 1500 g/mol. The van der Waals surface area contributed by atoms with Crippen LogP contribution in [0.1, 0.15) is 102 Å². The van der Waals surface area contributed by atoms with Crippen molar-refractivity contribution in [3.8, 4) is 51.4 Å². The van der Waals surface area contributed by atoms with Crippen LogP contribution in [0.25, 0.3) is 66.7 Å². The number of anilines is 2. The number of nitrogens with one attached hydrogen (secondary N) is 4. The van der Waals surface area contributed by atoms with Gasteiger partial charge in [-0.25, -0.2) is 33.0 Å². The normalized spacial score (nSPS) is 16.3. The molecule has 0 spiro atoms. The second-order valence-corrected chi connectivity index (χ2v) is 29.8. The van der Waals surface area contributed by atoms with Crippen molar-refractivity contribution in [2.45, 2.75) is 83.7 Å². The Balaban J connectivity index is 0.668. The molecule has 4 amide bonds. The zero-order valence-electron chi connectivity index (χ0n) is 55.4. The molecule has 2 aromatic heterocycles. The van der Waals surface area contributed by atoms with Gasteiger partial charge in [-0.05, 0) is 105 Å². The molecule has 5 heterocycles. The molecule has 1 saturated heterocycles. The summed E-state index contributed by atoms with van der Waals surface area (Å²) in [5, 5.41) is 35.0. The second-order valence-electron chi connectivity index (χ2n) is 23.5. The van der Waals surface area contributed by atoms with Crippen molar-refractivity contribution in [1.82, 2.24) is 35.8 Å². The maximum atomic E-state index is 14.0. The lowest BCUT2D eigenvalue weighted by Crippen LogP contribution is -2.29. The fourth-order valence-electron chi connectivity index (χ4n) is 11.3. The molecule has 6 atom stereocenters. The third-order valence-corrected chi connectivity index (χ3v) is 22.0. The number of phosphoric ester groups is 2. The highest BCUT2D eigenvalue weighted by Gasteiger charge is 2.46. The Hall–Kier alpha value is -9.51. The molecule has 5 aromatic rings. The largest absolute Gasteiger partial charge is 0.507 e. The van der Waals surface area contributed by atoms with Gasteiger partial charge in [-0.1, -0.05) is 24.3 Å². The number of amides is 4. The van der Waals surface area contributed by atoms with Gasteiger partial charge in [0.25, 0.3) is 5.91 Å². The number of benzene rings is 5. The highest BCUT2D eigenvalue weighted by atomic mass is 31.3. The SMILES string of the molecule is CC/N=c1\ccc2c(-c3ccc(C(=O)NCc4c(O)ccc5cc6ccc(=O)c(CNC(=O)CCC(=O)NCCCCCC(=O)NCC#Cc7cn([C@H]8CC[C@@H](COP(=O)(O)OP(=O)(O)OP(=O)(O)OP(=O)(O)OC)O8)c8ncnc(N)c78)c-6oc45)cc3C(=O)O)c3ccc(N(C)C)cc3oc-2c1. The van der Waals surface area contributed by atoms with E-state index >= 15 is 0 Å². The van der Waals surface area contributed by atoms with Crippen LogP contribution in [0.5, 0.6) is 5.75 Å². The Morgan fingerprint density at radius 1 is 0.767 bits per heavy atom. The summed E-state index contributed by atoms with van der Waals surface area (Å²) in [5.41, 5.74) is 10.0. The van der Waals surface area contributed by atoms with Crippen molar-refractivity contribution in [1.29, 1.82) is 0 Å². The summed E-state index contributed by atoms with van der Waals surface area (Å²) in [7, 11) is -18.2. The zero-order chi connectivity index (χ0) is 74.1. The summed E-state index contributed by atoms with van der Waals surface area (Å²) >= 11 is 0. The molecule has 5 aliphatic rings. The lowest BCUT2D eigenvalue weighted by molar-refractivity contribution is -0.126. The van der Waals surface area contributed by atoms with Gasteiger partial charge in [-0.15, -0.1) is 0 Å². The van der Waals surface area contributed by atoms with Gasteiger partial charge in [-0.2, -0.15) is 12.9 Å². The summed E-state index contributed by atoms with van der Waals surface area (Å²) in [6, 6.07) is 23.1. The van der Waals surface area contributed by atoms with Crippen LogP contribution in [0.15, 0.2) is 116 Å². The molecule has 34 nitrogen and oxygen atoms in total. The molecule has 0 radical (unpaired) electrons. The first-order valence-electron chi connectivity index (χ1n) is 31.7. The van der Waals surface area contributed by atoms with Gasteiger partial charge in [0.2, 0.25) is 17.7 Å². The van der Waals surface area contributed by atoms with Crippen LogP contribution >= 0.6 is 31.3 Å². The number of aromatic carboxylic acids is 1. The molecule has 544 valence electrons. The number of aromatic hydroxyl groups is 1. The monoisotopic (exact) mass is 1500 g/mol. The number of carbonyl (C=O) groups excluding carboxylic acids is 4. The number of hydrogen-bond acceptors (Lipinski definition) is 24. The van der Waals surface area contributed by atoms with E-state index in [9.17, 15) is 76.8 Å². The van der Waals surface area contributed by atoms with Gasteiger partial charge in [0, 0.05) is 111 Å². The first-order valence-corrected chi connectivity index (χ1v) is 37.6. The number of fused-ring (bicyclic) bond motifs is 5. The maximum Gasteiger partial charge on any atom is 0.490 e. The van der Waals surface area contributed by atoms with E-state index in [0.717, 1.165) is 5.69 Å². The number of unbranched alkanes of at least 4 members (excludes halogenated alkanes) is 2. The topological polar surface area (TPSA) is 494 Å². The lowest BCUT2D eigenvalue weighted by atomic mass is 9.89. The number of phenols is 1. The molecular formula is C65H70N10O24P4. The minimum atomic E-state index is -5.96. The molecule has 38 heteroatoms. The third kappa shape index (κ3) is 19.0. The van der Waals surface area contributed by atoms with Crippen LogP contribution in [-0.2, 0) is 72.4 Å². The molecule has 3 aromatic carbocycles. The first kappa shape index (κ1) is 76.1. The molecule has 0 bridgehead atoms. The van der Waals surface area contributed by atoms with E-state index in [1.807, 2.05) is 56.3 Å². The number of phosphoric acid groups is 4. The Labute approximate surface area is 585 Å². The van der Waals surface area contributed by atoms with E-state index < -0.39 is 79.3 Å². The van der Waals surface area contributed by atoms with Crippen molar-refractivity contribution in [2.24, 2.45) is 4.99 Å². The van der Waals surface area contributed by atoms with Crippen LogP contribution in [-0.4, -0.2) is 127 Å². The van der Waals surface area contributed by atoms with E-state index in [1.54, 1.807) is 41.1 Å². The zero-order valence-corrected chi connectivity index (χ0v) is 59.0. The van der Waals surface area contributed by atoms with E-state index in [-0.39, 0.29) is 109 Å². The summed E-state index contributed by atoms with van der Waals surface area (Å²) in [6.45, 7) is 1.38. The molecule has 10 rings (SSSR count). The number of phenolic OH excluding ortho intramolecular Hbond substituents is 1. The maximum absolute atomic E-state index is 14.0. The smallest absolute Gasteiger partial charge is 0.490 e. The van der Waals surface area contributed by atoms with Crippen LogP contribution in [0, 0.1) is 11.8 Å². The van der Waals surface area contributed by atoms with E-state index in [2.05, 4.69) is 65.5 Å². The third-order valence-electron chi connectivity index (χ3n) is 16.1. The predicted molar refractivity (Wildman–Crippen MR) is 371 cm³/mol. The van der Waals surface area contributed by atoms with Crippen LogP contribution in [0.3, 0.4) is 0 Å². The van der Waals surface area contributed by atoms with Gasteiger partial charge in [0.05, 0.1) is 65.3 Å². The van der Waals surface area contributed by atoms with E-state index in [4.69, 9.17) is 23.8 Å². The average Bonchev–Trinajstić information content (AvgIpc) is 1.74. The van der Waals surface area contributed by atoms with Gasteiger partial charge < -0.3 is 79.8 Å². The minimum absolute atomic E-state index is 0.0141. The van der Waals surface area contributed by atoms with Gasteiger partial charge >= 0.3 is 37.3 Å². The fraction of sp³-hybridized carbons (Fsp3) is 0.308. The van der Waals surface area contributed by atoms with E-state index in [1.165, 1.54) is 30.6 Å². The molecule has 2 aliphatic carbocycles. The van der Waals surface area contributed by atoms with Gasteiger partial charge in [0.15, 0.2) is 5.43 Å². The number of carboxylic acid groups (broad SMARTS) is 1. The quantitative estimate of drug-likeness (QED) is 0.00876. The van der Waals surface area contributed by atoms with Crippen molar-refractivity contribution < 1.29 is 108 Å². The Morgan fingerprint density at radius 3 is 2.22 bits per heavy atom. The number of nitrogens with two attached hydrogens (primary N) is 1. The molecule has 3 aliphatic heterocycles. The van der Waals surface area contributed by atoms with Gasteiger partial charge in [-0.3, -0.25) is 38.0 Å². The highest BCUT2D eigenvalue weighted by Crippen LogP contribution is 2.71. The molecule has 1 fully saturated rings. The molecular weight excluding hydrogens is 1430 g/mol. The number of aromatic nitrogens is 3. The van der Waals surface area contributed by atoms with Crippen LogP contribution in [0.2, 0.25) is 0 Å².